The normalized spacial score (nSPS) is 10.8. The molecule has 0 saturated heterocycles. The largest absolute Gasteiger partial charge is 0.354 e. The van der Waals surface area contributed by atoms with Gasteiger partial charge in [-0.2, -0.15) is 0 Å². The van der Waals surface area contributed by atoms with Crippen molar-refractivity contribution in [3.63, 3.8) is 0 Å². The summed E-state index contributed by atoms with van der Waals surface area (Å²) in [6.45, 7) is 1.29. The summed E-state index contributed by atoms with van der Waals surface area (Å²) in [6, 6.07) is 22.9. The molecule has 0 fully saturated rings. The molecule has 1 aromatic heterocycles. The van der Waals surface area contributed by atoms with Crippen molar-refractivity contribution in [1.29, 1.82) is 0 Å². The molecule has 2 nitrogen and oxygen atoms in total. The van der Waals surface area contributed by atoms with Crippen molar-refractivity contribution >= 4 is 38.0 Å². The van der Waals surface area contributed by atoms with Gasteiger partial charge in [0.1, 0.15) is 5.01 Å². The highest BCUT2D eigenvalue weighted by Crippen LogP contribution is 2.31. The highest BCUT2D eigenvalue weighted by atomic mass is 32.1. The molecule has 0 aliphatic carbocycles. The Bertz CT molecular complexity index is 1030. The minimum absolute atomic E-state index is 0.570. The summed E-state index contributed by atoms with van der Waals surface area (Å²) < 4.78 is 1.25. The Kier molecular flexibility index (Phi) is 3.90. The summed E-state index contributed by atoms with van der Waals surface area (Å²) in [4.78, 5) is 7.00. The van der Waals surface area contributed by atoms with Gasteiger partial charge in [0.2, 0.25) is 0 Å². The number of rotatable bonds is 4. The van der Waals surface area contributed by atoms with Crippen LogP contribution >= 0.6 is 11.3 Å². The number of nitrogens with zero attached hydrogens (tertiary/aromatic N) is 2. The number of terminal acetylenes is 1. The van der Waals surface area contributed by atoms with Crippen molar-refractivity contribution in [2.24, 2.45) is 0 Å². The lowest BCUT2D eigenvalue weighted by atomic mass is 10.1. The molecule has 0 amide bonds. The highest BCUT2D eigenvalue weighted by Gasteiger charge is 2.11. The second-order valence-corrected chi connectivity index (χ2v) is 6.72. The standard InChI is InChI=1S/C21H16N2S/c1-2-14-23(17-9-4-3-5-10-17)15-20-22-19-13-12-16-8-6-7-11-18(16)21(19)24-20/h1,3-13H,14-15H2. The molecule has 0 aliphatic heterocycles. The average Bonchev–Trinajstić information content (AvgIpc) is 3.05. The van der Waals surface area contributed by atoms with Crippen LogP contribution in [-0.2, 0) is 6.54 Å². The Morgan fingerprint density at radius 1 is 0.958 bits per heavy atom. The molecule has 0 aliphatic rings. The van der Waals surface area contributed by atoms with E-state index in [0.717, 1.165) is 22.8 Å². The van der Waals surface area contributed by atoms with Gasteiger partial charge in [-0.05, 0) is 23.6 Å². The molecule has 3 heteroatoms. The smallest absolute Gasteiger partial charge is 0.113 e. The molecule has 24 heavy (non-hydrogen) atoms. The SMILES string of the molecule is C#CCN(Cc1nc2ccc3ccccc3c2s1)c1ccccc1. The molecular formula is C21H16N2S. The maximum absolute atomic E-state index is 5.56. The van der Waals surface area contributed by atoms with Gasteiger partial charge in [-0.25, -0.2) is 4.98 Å². The van der Waals surface area contributed by atoms with Gasteiger partial charge in [0.25, 0.3) is 0 Å². The van der Waals surface area contributed by atoms with E-state index in [-0.39, 0.29) is 0 Å². The van der Waals surface area contributed by atoms with Crippen LogP contribution in [0.5, 0.6) is 0 Å². The number of aromatic nitrogens is 1. The first kappa shape index (κ1) is 14.7. The van der Waals surface area contributed by atoms with Gasteiger partial charge in [-0.1, -0.05) is 54.5 Å². The molecule has 0 spiro atoms. The van der Waals surface area contributed by atoms with Gasteiger partial charge in [-0.3, -0.25) is 0 Å². The van der Waals surface area contributed by atoms with Crippen molar-refractivity contribution in [1.82, 2.24) is 4.98 Å². The van der Waals surface area contributed by atoms with Crippen LogP contribution in [0.1, 0.15) is 5.01 Å². The zero-order valence-electron chi connectivity index (χ0n) is 13.1. The maximum Gasteiger partial charge on any atom is 0.113 e. The lowest BCUT2D eigenvalue weighted by Crippen LogP contribution is -2.22. The molecule has 0 saturated carbocycles. The summed E-state index contributed by atoms with van der Waals surface area (Å²) in [5.74, 6) is 2.75. The molecule has 3 aromatic carbocycles. The first-order chi connectivity index (χ1) is 11.8. The Balaban J connectivity index is 1.73. The van der Waals surface area contributed by atoms with Gasteiger partial charge >= 0.3 is 0 Å². The van der Waals surface area contributed by atoms with Crippen molar-refractivity contribution in [3.05, 3.63) is 71.7 Å². The summed E-state index contributed by atoms with van der Waals surface area (Å²) >= 11 is 1.75. The summed E-state index contributed by atoms with van der Waals surface area (Å²) in [5, 5.41) is 3.60. The fourth-order valence-electron chi connectivity index (χ4n) is 2.92. The molecule has 0 atom stereocenters. The average molecular weight is 328 g/mol. The molecule has 0 radical (unpaired) electrons. The fourth-order valence-corrected chi connectivity index (χ4v) is 4.03. The Morgan fingerprint density at radius 3 is 2.58 bits per heavy atom. The van der Waals surface area contributed by atoms with Crippen LogP contribution in [0.25, 0.3) is 21.0 Å². The zero-order chi connectivity index (χ0) is 16.4. The van der Waals surface area contributed by atoms with Crippen LogP contribution in [0.15, 0.2) is 66.7 Å². The summed E-state index contributed by atoms with van der Waals surface area (Å²) in [5.41, 5.74) is 2.18. The number of hydrogen-bond donors (Lipinski definition) is 0. The van der Waals surface area contributed by atoms with Crippen LogP contribution < -0.4 is 4.90 Å². The predicted molar refractivity (Wildman–Crippen MR) is 103 cm³/mol. The second kappa shape index (κ2) is 6.35. The van der Waals surface area contributed by atoms with Crippen molar-refractivity contribution in [2.45, 2.75) is 6.54 Å². The van der Waals surface area contributed by atoms with Gasteiger partial charge < -0.3 is 4.90 Å². The van der Waals surface area contributed by atoms with E-state index in [2.05, 4.69) is 59.4 Å². The Labute approximate surface area is 145 Å². The molecule has 0 N–H and O–H groups in total. The van der Waals surface area contributed by atoms with E-state index in [1.807, 2.05) is 18.2 Å². The third-order valence-electron chi connectivity index (χ3n) is 4.05. The minimum Gasteiger partial charge on any atom is -0.354 e. The van der Waals surface area contributed by atoms with Crippen LogP contribution in [0.3, 0.4) is 0 Å². The molecule has 0 unspecified atom stereocenters. The van der Waals surface area contributed by atoms with Crippen LogP contribution in [-0.4, -0.2) is 11.5 Å². The molecule has 4 rings (SSSR count). The Morgan fingerprint density at radius 2 is 1.75 bits per heavy atom. The number of para-hydroxylation sites is 1. The molecule has 1 heterocycles. The number of fused-ring (bicyclic) bond motifs is 3. The molecule has 116 valence electrons. The lowest BCUT2D eigenvalue weighted by Gasteiger charge is -2.20. The summed E-state index contributed by atoms with van der Waals surface area (Å²) in [7, 11) is 0. The van der Waals surface area contributed by atoms with Crippen molar-refractivity contribution in [3.8, 4) is 12.3 Å². The first-order valence-electron chi connectivity index (χ1n) is 7.86. The van der Waals surface area contributed by atoms with Gasteiger partial charge in [-0.15, -0.1) is 17.8 Å². The number of thiazole rings is 1. The van der Waals surface area contributed by atoms with Gasteiger partial charge in [0, 0.05) is 11.1 Å². The highest BCUT2D eigenvalue weighted by molar-refractivity contribution is 7.19. The van der Waals surface area contributed by atoms with Crippen molar-refractivity contribution in [2.75, 3.05) is 11.4 Å². The van der Waals surface area contributed by atoms with Crippen LogP contribution in [0, 0.1) is 12.3 Å². The van der Waals surface area contributed by atoms with E-state index in [1.165, 1.54) is 15.5 Å². The minimum atomic E-state index is 0.570. The predicted octanol–water partition coefficient (Wildman–Crippen LogP) is 5.09. The number of benzene rings is 3. The van der Waals surface area contributed by atoms with E-state index in [4.69, 9.17) is 11.4 Å². The summed E-state index contributed by atoms with van der Waals surface area (Å²) in [6.07, 6.45) is 5.56. The van der Waals surface area contributed by atoms with E-state index < -0.39 is 0 Å². The first-order valence-corrected chi connectivity index (χ1v) is 8.67. The monoisotopic (exact) mass is 328 g/mol. The number of anilines is 1. The topological polar surface area (TPSA) is 16.1 Å². The molecule has 4 aromatic rings. The Hall–Kier alpha value is -2.83. The van der Waals surface area contributed by atoms with Gasteiger partial charge in [0.15, 0.2) is 0 Å². The van der Waals surface area contributed by atoms with Crippen LogP contribution in [0.2, 0.25) is 0 Å². The third kappa shape index (κ3) is 2.73. The third-order valence-corrected chi connectivity index (χ3v) is 5.14. The fraction of sp³-hybridized carbons (Fsp3) is 0.0952. The van der Waals surface area contributed by atoms with E-state index in [9.17, 15) is 0 Å². The van der Waals surface area contributed by atoms with Crippen LogP contribution in [0.4, 0.5) is 5.69 Å². The van der Waals surface area contributed by atoms with Gasteiger partial charge in [0.05, 0.1) is 23.3 Å². The van der Waals surface area contributed by atoms with E-state index in [0.29, 0.717) is 6.54 Å². The maximum atomic E-state index is 5.56. The van der Waals surface area contributed by atoms with Crippen molar-refractivity contribution < 1.29 is 0 Å². The van der Waals surface area contributed by atoms with E-state index in [1.54, 1.807) is 11.3 Å². The quantitative estimate of drug-likeness (QED) is 0.485. The molecule has 0 bridgehead atoms. The zero-order valence-corrected chi connectivity index (χ0v) is 14.0. The lowest BCUT2D eigenvalue weighted by molar-refractivity contribution is 0.872. The molecular weight excluding hydrogens is 312 g/mol. The second-order valence-electron chi connectivity index (χ2n) is 5.64. The van der Waals surface area contributed by atoms with E-state index >= 15 is 0 Å². The number of hydrogen-bond acceptors (Lipinski definition) is 3.